The molecule has 0 spiro atoms. The van der Waals surface area contributed by atoms with Gasteiger partial charge in [-0.15, -0.1) is 0 Å². The van der Waals surface area contributed by atoms with E-state index < -0.39 is 0 Å². The predicted molar refractivity (Wildman–Crippen MR) is 106 cm³/mol. The molecule has 1 fully saturated rings. The molecular weight excluding hydrogens is 356 g/mol. The van der Waals surface area contributed by atoms with Crippen molar-refractivity contribution < 1.29 is 19.1 Å². The summed E-state index contributed by atoms with van der Waals surface area (Å²) in [6, 6.07) is 11.2. The Balaban J connectivity index is 1.64. The summed E-state index contributed by atoms with van der Waals surface area (Å²) in [5.41, 5.74) is 3.45. The number of carbonyl (C=O) groups excluding carboxylic acids is 2. The van der Waals surface area contributed by atoms with E-state index in [1.165, 1.54) is 0 Å². The number of hydrogen-bond acceptors (Lipinski definition) is 4. The van der Waals surface area contributed by atoms with Crippen molar-refractivity contribution in [2.24, 2.45) is 0 Å². The highest BCUT2D eigenvalue weighted by molar-refractivity contribution is 5.98. The van der Waals surface area contributed by atoms with Crippen LogP contribution in [0.4, 0.5) is 5.69 Å². The van der Waals surface area contributed by atoms with Crippen LogP contribution in [0.2, 0.25) is 0 Å². The van der Waals surface area contributed by atoms with Gasteiger partial charge in [-0.2, -0.15) is 0 Å². The molecule has 0 radical (unpaired) electrons. The zero-order chi connectivity index (χ0) is 19.7. The van der Waals surface area contributed by atoms with Crippen LogP contribution in [0.3, 0.4) is 0 Å². The molecule has 6 nitrogen and oxygen atoms in total. The Hall–Kier alpha value is -3.02. The lowest BCUT2D eigenvalue weighted by Crippen LogP contribution is -2.31. The zero-order valence-electron chi connectivity index (χ0n) is 16.2. The lowest BCUT2D eigenvalue weighted by molar-refractivity contribution is -0.116. The van der Waals surface area contributed by atoms with Gasteiger partial charge in [-0.3, -0.25) is 9.59 Å². The number of nitrogens with zero attached hydrogens (tertiary/aromatic N) is 1. The Morgan fingerprint density at radius 1 is 1.11 bits per heavy atom. The first kappa shape index (κ1) is 18.3. The number of nitrogens with one attached hydrogen (secondary N) is 1. The summed E-state index contributed by atoms with van der Waals surface area (Å²) in [5.74, 6) is 1.54. The maximum Gasteiger partial charge on any atom is 0.254 e. The summed E-state index contributed by atoms with van der Waals surface area (Å²) in [4.78, 5) is 26.8. The van der Waals surface area contributed by atoms with E-state index in [2.05, 4.69) is 5.32 Å². The van der Waals surface area contributed by atoms with Crippen molar-refractivity contribution in [2.45, 2.75) is 31.7 Å². The molecule has 2 aromatic carbocycles. The molecule has 146 valence electrons. The second-order valence-corrected chi connectivity index (χ2v) is 7.18. The Morgan fingerprint density at radius 3 is 2.75 bits per heavy atom. The number of benzene rings is 2. The average Bonchev–Trinajstić information content (AvgIpc) is 3.22. The summed E-state index contributed by atoms with van der Waals surface area (Å²) in [6.45, 7) is 0.706. The van der Waals surface area contributed by atoms with Crippen LogP contribution in [0, 0.1) is 0 Å². The molecular formula is C22H24N2O4. The van der Waals surface area contributed by atoms with Gasteiger partial charge in [-0.05, 0) is 61.2 Å². The van der Waals surface area contributed by atoms with Crippen LogP contribution < -0.4 is 14.8 Å². The first-order chi connectivity index (χ1) is 13.6. The van der Waals surface area contributed by atoms with Gasteiger partial charge in [0.1, 0.15) is 11.5 Å². The Morgan fingerprint density at radius 2 is 1.96 bits per heavy atom. The second-order valence-electron chi connectivity index (χ2n) is 7.18. The van der Waals surface area contributed by atoms with Crippen molar-refractivity contribution in [2.75, 3.05) is 26.1 Å². The fraction of sp³-hybridized carbons (Fsp3) is 0.364. The maximum atomic E-state index is 13.3. The molecule has 0 saturated carbocycles. The predicted octanol–water partition coefficient (Wildman–Crippen LogP) is 3.57. The first-order valence-electron chi connectivity index (χ1n) is 9.56. The molecule has 2 heterocycles. The zero-order valence-corrected chi connectivity index (χ0v) is 16.2. The number of methoxy groups -OCH3 is 2. The molecule has 1 atom stereocenters. The number of amides is 2. The van der Waals surface area contributed by atoms with Crippen molar-refractivity contribution in [1.82, 2.24) is 4.90 Å². The van der Waals surface area contributed by atoms with E-state index in [0.717, 1.165) is 41.2 Å². The van der Waals surface area contributed by atoms with Crippen LogP contribution in [0.25, 0.3) is 0 Å². The number of anilines is 1. The molecule has 2 amide bonds. The van der Waals surface area contributed by atoms with E-state index >= 15 is 0 Å². The molecule has 6 heteroatoms. The van der Waals surface area contributed by atoms with Crippen molar-refractivity contribution in [3.63, 3.8) is 0 Å². The van der Waals surface area contributed by atoms with Crippen LogP contribution in [0.1, 0.15) is 46.8 Å². The largest absolute Gasteiger partial charge is 0.497 e. The Labute approximate surface area is 164 Å². The van der Waals surface area contributed by atoms with Gasteiger partial charge < -0.3 is 19.7 Å². The van der Waals surface area contributed by atoms with Crippen LogP contribution in [0.5, 0.6) is 11.5 Å². The van der Waals surface area contributed by atoms with Crippen molar-refractivity contribution in [3.05, 3.63) is 53.1 Å². The van der Waals surface area contributed by atoms with E-state index in [0.29, 0.717) is 24.9 Å². The van der Waals surface area contributed by atoms with E-state index in [1.54, 1.807) is 20.3 Å². The lowest BCUT2D eigenvalue weighted by Gasteiger charge is -2.27. The number of aryl methyl sites for hydroxylation is 1. The minimum atomic E-state index is -0.0479. The topological polar surface area (TPSA) is 67.9 Å². The van der Waals surface area contributed by atoms with Gasteiger partial charge in [0.25, 0.3) is 5.91 Å². The number of rotatable bonds is 4. The van der Waals surface area contributed by atoms with Gasteiger partial charge in [0.2, 0.25) is 5.91 Å². The molecule has 0 aromatic heterocycles. The number of hydrogen-bond donors (Lipinski definition) is 1. The number of fused-ring (bicyclic) bond motifs is 1. The van der Waals surface area contributed by atoms with E-state index in [9.17, 15) is 9.59 Å². The summed E-state index contributed by atoms with van der Waals surface area (Å²) in [7, 11) is 3.28. The highest BCUT2D eigenvalue weighted by Gasteiger charge is 2.33. The van der Waals surface area contributed by atoms with Gasteiger partial charge in [-0.1, -0.05) is 0 Å². The molecule has 0 aliphatic carbocycles. The summed E-state index contributed by atoms with van der Waals surface area (Å²) < 4.78 is 10.9. The summed E-state index contributed by atoms with van der Waals surface area (Å²) >= 11 is 0. The monoisotopic (exact) mass is 380 g/mol. The van der Waals surface area contributed by atoms with E-state index in [4.69, 9.17) is 9.47 Å². The smallest absolute Gasteiger partial charge is 0.254 e. The molecule has 2 aliphatic heterocycles. The SMILES string of the molecule is COc1ccc(OC)c([C@H]2CCCN2C(=O)c2ccc3c(c2)CCC(=O)N3)c1. The fourth-order valence-electron chi connectivity index (χ4n) is 4.12. The Kier molecular flexibility index (Phi) is 4.94. The number of likely N-dealkylation sites (tertiary alicyclic amines) is 1. The van der Waals surface area contributed by atoms with Crippen LogP contribution in [-0.4, -0.2) is 37.5 Å². The fourth-order valence-corrected chi connectivity index (χ4v) is 4.12. The number of ether oxygens (including phenoxy) is 2. The van der Waals surface area contributed by atoms with Crippen molar-refractivity contribution >= 4 is 17.5 Å². The first-order valence-corrected chi connectivity index (χ1v) is 9.56. The molecule has 1 saturated heterocycles. The minimum Gasteiger partial charge on any atom is -0.497 e. The second kappa shape index (κ2) is 7.54. The van der Waals surface area contributed by atoms with Gasteiger partial charge in [0.05, 0.1) is 20.3 Å². The molecule has 4 rings (SSSR count). The number of carbonyl (C=O) groups is 2. The van der Waals surface area contributed by atoms with Crippen molar-refractivity contribution in [1.29, 1.82) is 0 Å². The van der Waals surface area contributed by atoms with E-state index in [1.807, 2.05) is 35.2 Å². The minimum absolute atomic E-state index is 0.00655. The maximum absolute atomic E-state index is 13.3. The lowest BCUT2D eigenvalue weighted by atomic mass is 9.99. The standard InChI is InChI=1S/C22H24N2O4/c1-27-16-7-9-20(28-2)17(13-16)19-4-3-11-24(19)22(26)15-5-8-18-14(12-15)6-10-21(25)23-18/h5,7-9,12-13,19H,3-4,6,10-11H2,1-2H3,(H,23,25)/t19-/m1/s1. The van der Waals surface area contributed by atoms with Gasteiger partial charge >= 0.3 is 0 Å². The van der Waals surface area contributed by atoms with E-state index in [-0.39, 0.29) is 17.9 Å². The van der Waals surface area contributed by atoms with Crippen LogP contribution in [-0.2, 0) is 11.2 Å². The van der Waals surface area contributed by atoms with Gasteiger partial charge in [-0.25, -0.2) is 0 Å². The molecule has 28 heavy (non-hydrogen) atoms. The van der Waals surface area contributed by atoms with Gasteiger partial charge in [0, 0.05) is 29.8 Å². The summed E-state index contributed by atoms with van der Waals surface area (Å²) in [5, 5.41) is 2.86. The Bertz CT molecular complexity index is 925. The van der Waals surface area contributed by atoms with Crippen LogP contribution in [0.15, 0.2) is 36.4 Å². The molecule has 0 unspecified atom stereocenters. The third-order valence-electron chi connectivity index (χ3n) is 5.56. The molecule has 2 aromatic rings. The van der Waals surface area contributed by atoms with Crippen LogP contribution >= 0.6 is 0 Å². The average molecular weight is 380 g/mol. The highest BCUT2D eigenvalue weighted by atomic mass is 16.5. The molecule has 0 bridgehead atoms. The quantitative estimate of drug-likeness (QED) is 0.881. The highest BCUT2D eigenvalue weighted by Crippen LogP contribution is 2.39. The molecule has 2 aliphatic rings. The summed E-state index contributed by atoms with van der Waals surface area (Å²) in [6.07, 6.45) is 2.95. The third kappa shape index (κ3) is 3.30. The molecule has 1 N–H and O–H groups in total. The third-order valence-corrected chi connectivity index (χ3v) is 5.56. The van der Waals surface area contributed by atoms with Gasteiger partial charge in [0.15, 0.2) is 0 Å². The normalized spacial score (nSPS) is 18.4. The van der Waals surface area contributed by atoms with Crippen molar-refractivity contribution in [3.8, 4) is 11.5 Å².